The number of carbonyl (C=O) groups is 2. The smallest absolute Gasteiger partial charge is 0.336 e. The first kappa shape index (κ1) is 26.9. The highest BCUT2D eigenvalue weighted by Crippen LogP contribution is 2.51. The second kappa shape index (κ2) is 11.1. The molecular formula is C29H33NO8. The predicted octanol–water partition coefficient (Wildman–Crippen LogP) is 4.26. The van der Waals surface area contributed by atoms with Gasteiger partial charge in [-0.15, -0.1) is 0 Å². The van der Waals surface area contributed by atoms with E-state index in [9.17, 15) is 9.59 Å². The van der Waals surface area contributed by atoms with Gasteiger partial charge in [-0.25, -0.2) is 4.79 Å². The molecule has 0 saturated carbocycles. The van der Waals surface area contributed by atoms with Crippen LogP contribution in [0, 0.1) is 0 Å². The number of esters is 1. The van der Waals surface area contributed by atoms with Gasteiger partial charge in [-0.3, -0.25) is 4.79 Å². The maximum atomic E-state index is 13.9. The van der Waals surface area contributed by atoms with Crippen LogP contribution in [0.25, 0.3) is 0 Å². The van der Waals surface area contributed by atoms with Gasteiger partial charge in [0.25, 0.3) is 0 Å². The number of benzene rings is 2. The highest BCUT2D eigenvalue weighted by atomic mass is 16.5. The Kier molecular flexibility index (Phi) is 7.85. The number of hydrogen-bond acceptors (Lipinski definition) is 9. The number of Topliss-reactive ketones (excluding diaryl/α,β-unsaturated/α-hetero) is 1. The van der Waals surface area contributed by atoms with Crippen molar-refractivity contribution in [1.82, 2.24) is 5.32 Å². The first-order valence-corrected chi connectivity index (χ1v) is 12.2. The minimum absolute atomic E-state index is 0.0747. The van der Waals surface area contributed by atoms with Crippen LogP contribution in [0.5, 0.6) is 28.7 Å². The highest BCUT2D eigenvalue weighted by molar-refractivity contribution is 6.04. The first-order chi connectivity index (χ1) is 18.3. The number of allylic oxidation sites excluding steroid dienone is 3. The average molecular weight is 524 g/mol. The molecular weight excluding hydrogens is 490 g/mol. The van der Waals surface area contributed by atoms with Gasteiger partial charge in [-0.05, 0) is 43.0 Å². The summed E-state index contributed by atoms with van der Waals surface area (Å²) < 4.78 is 32.8. The molecule has 0 spiro atoms. The van der Waals surface area contributed by atoms with E-state index < -0.39 is 11.9 Å². The third kappa shape index (κ3) is 4.53. The quantitative estimate of drug-likeness (QED) is 0.509. The molecule has 9 heteroatoms. The van der Waals surface area contributed by atoms with Crippen LogP contribution in [0.2, 0.25) is 0 Å². The van der Waals surface area contributed by atoms with Crippen molar-refractivity contribution < 1.29 is 38.0 Å². The molecule has 0 amide bonds. The molecule has 0 bridgehead atoms. The number of dihydropyridines is 1. The maximum absolute atomic E-state index is 13.9. The lowest BCUT2D eigenvalue weighted by molar-refractivity contribution is -0.136. The second-order valence-electron chi connectivity index (χ2n) is 9.05. The van der Waals surface area contributed by atoms with E-state index in [1.807, 2.05) is 18.2 Å². The Morgan fingerprint density at radius 2 is 1.47 bits per heavy atom. The van der Waals surface area contributed by atoms with Gasteiger partial charge in [0, 0.05) is 29.0 Å². The number of ketones is 1. The van der Waals surface area contributed by atoms with Crippen molar-refractivity contribution in [2.75, 3.05) is 42.7 Å². The SMILES string of the molecule is COC(=O)C1=C(C)NC2=C(C(=O)C[C@@H](c3ccc(OC)c(OC)c3)C2)[C@@H]1c1ccc(OC)c(OC)c1OC. The number of ether oxygens (including phenoxy) is 6. The highest BCUT2D eigenvalue weighted by Gasteiger charge is 2.43. The van der Waals surface area contributed by atoms with Crippen molar-refractivity contribution in [1.29, 1.82) is 0 Å². The maximum Gasteiger partial charge on any atom is 0.336 e. The van der Waals surface area contributed by atoms with Gasteiger partial charge in [-0.2, -0.15) is 0 Å². The molecule has 0 aromatic heterocycles. The Labute approximate surface area is 222 Å². The summed E-state index contributed by atoms with van der Waals surface area (Å²) in [4.78, 5) is 26.9. The minimum atomic E-state index is -0.715. The lowest BCUT2D eigenvalue weighted by Crippen LogP contribution is -2.36. The van der Waals surface area contributed by atoms with E-state index in [0.29, 0.717) is 57.6 Å². The molecule has 9 nitrogen and oxygen atoms in total. The van der Waals surface area contributed by atoms with E-state index in [4.69, 9.17) is 28.4 Å². The monoisotopic (exact) mass is 523 g/mol. The molecule has 202 valence electrons. The predicted molar refractivity (Wildman–Crippen MR) is 140 cm³/mol. The van der Waals surface area contributed by atoms with Crippen molar-refractivity contribution in [3.63, 3.8) is 0 Å². The van der Waals surface area contributed by atoms with Gasteiger partial charge in [0.05, 0.1) is 54.1 Å². The summed E-state index contributed by atoms with van der Waals surface area (Å²) in [6, 6.07) is 9.23. The van der Waals surface area contributed by atoms with Crippen molar-refractivity contribution in [2.45, 2.75) is 31.6 Å². The zero-order valence-corrected chi connectivity index (χ0v) is 22.7. The number of methoxy groups -OCH3 is 6. The zero-order chi connectivity index (χ0) is 27.6. The summed E-state index contributed by atoms with van der Waals surface area (Å²) in [5.41, 5.74) is 3.79. The molecule has 2 aliphatic rings. The van der Waals surface area contributed by atoms with Gasteiger partial charge < -0.3 is 33.7 Å². The molecule has 38 heavy (non-hydrogen) atoms. The average Bonchev–Trinajstić information content (AvgIpc) is 2.94. The van der Waals surface area contributed by atoms with Crippen LogP contribution in [0.3, 0.4) is 0 Å². The molecule has 1 heterocycles. The van der Waals surface area contributed by atoms with Crippen LogP contribution >= 0.6 is 0 Å². The molecule has 0 saturated heterocycles. The Hall–Kier alpha value is -4.14. The first-order valence-electron chi connectivity index (χ1n) is 12.2. The van der Waals surface area contributed by atoms with Gasteiger partial charge in [0.1, 0.15) is 0 Å². The van der Waals surface area contributed by atoms with E-state index in [2.05, 4.69) is 5.32 Å². The van der Waals surface area contributed by atoms with E-state index in [-0.39, 0.29) is 18.1 Å². The normalized spacial score (nSPS) is 18.9. The molecule has 0 fully saturated rings. The number of nitrogens with one attached hydrogen (secondary N) is 1. The van der Waals surface area contributed by atoms with E-state index in [0.717, 1.165) is 11.3 Å². The lowest BCUT2D eigenvalue weighted by Gasteiger charge is -2.37. The molecule has 2 aromatic carbocycles. The van der Waals surface area contributed by atoms with E-state index >= 15 is 0 Å². The Bertz CT molecular complexity index is 1330. The summed E-state index contributed by atoms with van der Waals surface area (Å²) in [7, 11) is 9.05. The molecule has 0 unspecified atom stereocenters. The molecule has 1 aliphatic heterocycles. The Morgan fingerprint density at radius 3 is 2.08 bits per heavy atom. The van der Waals surface area contributed by atoms with Crippen LogP contribution in [0.4, 0.5) is 0 Å². The second-order valence-corrected chi connectivity index (χ2v) is 9.05. The van der Waals surface area contributed by atoms with Crippen LogP contribution < -0.4 is 29.0 Å². The number of carbonyl (C=O) groups excluding carboxylic acids is 2. The Balaban J connectivity index is 1.87. The molecule has 1 aliphatic carbocycles. The fourth-order valence-corrected chi connectivity index (χ4v) is 5.42. The molecule has 2 aromatic rings. The third-order valence-corrected chi connectivity index (χ3v) is 7.16. The standard InChI is InChI=1S/C29H33NO8/c1-15-24(29(32)38-7)25(18-9-11-22(34-3)28(37-6)27(18)36-5)26-19(30-15)12-17(13-20(26)31)16-8-10-21(33-2)23(14-16)35-4/h8-11,14,17,25,30H,12-13H2,1-7H3/t17-,25+/m0/s1. The van der Waals surface area contributed by atoms with Gasteiger partial charge in [0.15, 0.2) is 28.8 Å². The summed E-state index contributed by atoms with van der Waals surface area (Å²) in [6.45, 7) is 1.81. The van der Waals surface area contributed by atoms with E-state index in [1.54, 1.807) is 33.3 Å². The van der Waals surface area contributed by atoms with Crippen molar-refractivity contribution in [2.24, 2.45) is 0 Å². The van der Waals surface area contributed by atoms with Gasteiger partial charge >= 0.3 is 5.97 Å². The fourth-order valence-electron chi connectivity index (χ4n) is 5.42. The molecule has 1 N–H and O–H groups in total. The largest absolute Gasteiger partial charge is 0.493 e. The van der Waals surface area contributed by atoms with Crippen molar-refractivity contribution in [3.8, 4) is 28.7 Å². The van der Waals surface area contributed by atoms with E-state index in [1.165, 1.54) is 28.4 Å². The third-order valence-electron chi connectivity index (χ3n) is 7.16. The summed E-state index contributed by atoms with van der Waals surface area (Å²) in [6.07, 6.45) is 0.823. The van der Waals surface area contributed by atoms with Crippen LogP contribution in [-0.2, 0) is 14.3 Å². The number of hydrogen-bond donors (Lipinski definition) is 1. The van der Waals surface area contributed by atoms with Crippen molar-refractivity contribution >= 4 is 11.8 Å². The molecule has 2 atom stereocenters. The fraction of sp³-hybridized carbons (Fsp3) is 0.379. The van der Waals surface area contributed by atoms with Crippen LogP contribution in [0.1, 0.15) is 42.7 Å². The lowest BCUT2D eigenvalue weighted by atomic mass is 9.71. The van der Waals surface area contributed by atoms with Crippen LogP contribution in [-0.4, -0.2) is 54.4 Å². The molecule has 4 rings (SSSR count). The van der Waals surface area contributed by atoms with Crippen molar-refractivity contribution in [3.05, 3.63) is 64.0 Å². The van der Waals surface area contributed by atoms with Crippen LogP contribution in [0.15, 0.2) is 52.9 Å². The molecule has 0 radical (unpaired) electrons. The summed E-state index contributed by atoms with van der Waals surface area (Å²) >= 11 is 0. The Morgan fingerprint density at radius 1 is 0.816 bits per heavy atom. The summed E-state index contributed by atoms with van der Waals surface area (Å²) in [5.74, 6) is 1.05. The van der Waals surface area contributed by atoms with Gasteiger partial charge in [0.2, 0.25) is 5.75 Å². The van der Waals surface area contributed by atoms with Gasteiger partial charge in [-0.1, -0.05) is 12.1 Å². The number of rotatable bonds is 8. The minimum Gasteiger partial charge on any atom is -0.493 e. The topological polar surface area (TPSA) is 102 Å². The summed E-state index contributed by atoms with van der Waals surface area (Å²) in [5, 5.41) is 3.34. The zero-order valence-electron chi connectivity index (χ0n) is 22.7.